The average Bonchev–Trinajstić information content (AvgIpc) is 2.70. The van der Waals surface area contributed by atoms with E-state index in [1.807, 2.05) is 12.1 Å². The van der Waals surface area contributed by atoms with Crippen LogP contribution in [0.3, 0.4) is 0 Å². The maximum atomic E-state index is 12.8. The lowest BCUT2D eigenvalue weighted by Crippen LogP contribution is -2.40. The quantitative estimate of drug-likeness (QED) is 0.686. The highest BCUT2D eigenvalue weighted by atomic mass is 35.5. The van der Waals surface area contributed by atoms with Gasteiger partial charge in [-0.25, -0.2) is 8.42 Å². The summed E-state index contributed by atoms with van der Waals surface area (Å²) < 4.78 is 24.7. The van der Waals surface area contributed by atoms with Gasteiger partial charge in [0.05, 0.1) is 27.9 Å². The van der Waals surface area contributed by atoms with Crippen molar-refractivity contribution in [2.75, 3.05) is 36.0 Å². The Morgan fingerprint density at radius 3 is 2.67 bits per heavy atom. The van der Waals surface area contributed by atoms with Crippen molar-refractivity contribution in [2.45, 2.75) is 19.4 Å². The lowest BCUT2D eigenvalue weighted by Gasteiger charge is -2.32. The molecule has 1 fully saturated rings. The number of carbonyl (C=O) groups excluding carboxylic acids is 1. The molecule has 1 N–H and O–H groups in total. The highest BCUT2D eigenvalue weighted by molar-refractivity contribution is 7.92. The van der Waals surface area contributed by atoms with E-state index in [0.717, 1.165) is 31.2 Å². The van der Waals surface area contributed by atoms with Gasteiger partial charge in [0, 0.05) is 25.8 Å². The molecule has 1 saturated heterocycles. The second kappa shape index (κ2) is 9.56. The topological polar surface area (TPSA) is 69.7 Å². The standard InChI is InChI=1S/C21H25Cl2N3O3S/c1-25(30(2,28)29)18-7-3-6-17(12-18)24-21(27)16-5-4-10-26(14-16)13-15-8-9-19(22)20(23)11-15/h3,6-9,11-12,16H,4-5,10,13-14H2,1-2H3,(H,24,27). The van der Waals surface area contributed by atoms with E-state index >= 15 is 0 Å². The molecule has 1 amide bonds. The van der Waals surface area contributed by atoms with Crippen LogP contribution in [0.15, 0.2) is 42.5 Å². The molecule has 6 nitrogen and oxygen atoms in total. The Hall–Kier alpha value is -1.80. The smallest absolute Gasteiger partial charge is 0.231 e. The van der Waals surface area contributed by atoms with Crippen molar-refractivity contribution in [3.63, 3.8) is 0 Å². The molecule has 0 bridgehead atoms. The molecule has 1 unspecified atom stereocenters. The van der Waals surface area contributed by atoms with E-state index in [1.54, 1.807) is 30.3 Å². The molecule has 162 valence electrons. The van der Waals surface area contributed by atoms with E-state index < -0.39 is 10.0 Å². The van der Waals surface area contributed by atoms with Crippen LogP contribution in [0.25, 0.3) is 0 Å². The molecule has 2 aromatic rings. The number of hydrogen-bond acceptors (Lipinski definition) is 4. The van der Waals surface area contributed by atoms with Gasteiger partial charge < -0.3 is 5.32 Å². The predicted octanol–water partition coefficient (Wildman–Crippen LogP) is 4.24. The second-order valence-electron chi connectivity index (χ2n) is 7.59. The summed E-state index contributed by atoms with van der Waals surface area (Å²) in [5.74, 6) is -0.203. The van der Waals surface area contributed by atoms with Crippen LogP contribution in [0.4, 0.5) is 11.4 Å². The molecule has 1 aliphatic rings. The fourth-order valence-corrected chi connectivity index (χ4v) is 4.34. The summed E-state index contributed by atoms with van der Waals surface area (Å²) in [6, 6.07) is 12.4. The zero-order valence-corrected chi connectivity index (χ0v) is 19.3. The molecular weight excluding hydrogens is 445 g/mol. The van der Waals surface area contributed by atoms with Gasteiger partial charge in [-0.15, -0.1) is 0 Å². The van der Waals surface area contributed by atoms with Gasteiger partial charge in [0.25, 0.3) is 0 Å². The van der Waals surface area contributed by atoms with E-state index in [2.05, 4.69) is 10.2 Å². The van der Waals surface area contributed by atoms with Crippen LogP contribution in [0.5, 0.6) is 0 Å². The normalized spacial score (nSPS) is 17.5. The molecule has 0 radical (unpaired) electrons. The minimum absolute atomic E-state index is 0.0620. The Morgan fingerprint density at radius 2 is 1.97 bits per heavy atom. The first-order chi connectivity index (χ1) is 14.1. The van der Waals surface area contributed by atoms with Crippen LogP contribution in [0.1, 0.15) is 18.4 Å². The highest BCUT2D eigenvalue weighted by Gasteiger charge is 2.26. The Bertz CT molecular complexity index is 1030. The van der Waals surface area contributed by atoms with E-state index in [-0.39, 0.29) is 11.8 Å². The number of nitrogens with zero attached hydrogens (tertiary/aromatic N) is 2. The third kappa shape index (κ3) is 5.88. The molecule has 1 heterocycles. The number of nitrogens with one attached hydrogen (secondary N) is 1. The molecule has 0 aliphatic carbocycles. The minimum atomic E-state index is -3.37. The number of hydrogen-bond donors (Lipinski definition) is 1. The predicted molar refractivity (Wildman–Crippen MR) is 123 cm³/mol. The molecule has 3 rings (SSSR count). The van der Waals surface area contributed by atoms with Crippen LogP contribution in [0.2, 0.25) is 10.0 Å². The van der Waals surface area contributed by atoms with Crippen molar-refractivity contribution in [1.29, 1.82) is 0 Å². The number of anilines is 2. The second-order valence-corrected chi connectivity index (χ2v) is 10.4. The number of amides is 1. The van der Waals surface area contributed by atoms with Crippen LogP contribution < -0.4 is 9.62 Å². The largest absolute Gasteiger partial charge is 0.326 e. The van der Waals surface area contributed by atoms with Crippen molar-refractivity contribution in [3.8, 4) is 0 Å². The summed E-state index contributed by atoms with van der Waals surface area (Å²) in [4.78, 5) is 15.1. The molecule has 1 atom stereocenters. The van der Waals surface area contributed by atoms with E-state index in [1.165, 1.54) is 11.4 Å². The molecule has 30 heavy (non-hydrogen) atoms. The molecule has 1 aliphatic heterocycles. The summed E-state index contributed by atoms with van der Waals surface area (Å²) in [5, 5.41) is 3.99. The zero-order valence-electron chi connectivity index (χ0n) is 16.9. The average molecular weight is 470 g/mol. The maximum Gasteiger partial charge on any atom is 0.231 e. The Kier molecular flexibility index (Phi) is 7.29. The molecule has 0 saturated carbocycles. The van der Waals surface area contributed by atoms with Crippen LogP contribution >= 0.6 is 23.2 Å². The summed E-state index contributed by atoms with van der Waals surface area (Å²) in [6.07, 6.45) is 2.88. The van der Waals surface area contributed by atoms with Gasteiger partial charge in [-0.3, -0.25) is 14.0 Å². The Balaban J connectivity index is 1.63. The van der Waals surface area contributed by atoms with E-state index in [0.29, 0.717) is 34.5 Å². The zero-order chi connectivity index (χ0) is 21.9. The number of carbonyl (C=O) groups is 1. The van der Waals surface area contributed by atoms with Gasteiger partial charge in [-0.1, -0.05) is 35.3 Å². The monoisotopic (exact) mass is 469 g/mol. The number of benzene rings is 2. The van der Waals surface area contributed by atoms with Crippen molar-refractivity contribution in [1.82, 2.24) is 4.90 Å². The van der Waals surface area contributed by atoms with Crippen molar-refractivity contribution < 1.29 is 13.2 Å². The van der Waals surface area contributed by atoms with Crippen molar-refractivity contribution in [3.05, 3.63) is 58.1 Å². The van der Waals surface area contributed by atoms with Gasteiger partial charge in [-0.05, 0) is 55.3 Å². The highest BCUT2D eigenvalue weighted by Crippen LogP contribution is 2.26. The van der Waals surface area contributed by atoms with Crippen LogP contribution in [0, 0.1) is 5.92 Å². The molecule has 2 aromatic carbocycles. The van der Waals surface area contributed by atoms with E-state index in [4.69, 9.17) is 23.2 Å². The first kappa shape index (κ1) is 22.9. The van der Waals surface area contributed by atoms with Crippen molar-refractivity contribution in [2.24, 2.45) is 5.92 Å². The molecule has 0 aromatic heterocycles. The first-order valence-electron chi connectivity index (χ1n) is 9.64. The Morgan fingerprint density at radius 1 is 1.20 bits per heavy atom. The van der Waals surface area contributed by atoms with Gasteiger partial charge in [0.1, 0.15) is 0 Å². The minimum Gasteiger partial charge on any atom is -0.326 e. The Labute approximate surface area is 187 Å². The number of piperidine rings is 1. The molecular formula is C21H25Cl2N3O3S. The van der Waals surface area contributed by atoms with E-state index in [9.17, 15) is 13.2 Å². The van der Waals surface area contributed by atoms with Crippen molar-refractivity contribution >= 4 is 50.5 Å². The first-order valence-corrected chi connectivity index (χ1v) is 12.2. The number of halogens is 2. The molecule has 0 spiro atoms. The van der Waals surface area contributed by atoms with Gasteiger partial charge >= 0.3 is 0 Å². The van der Waals surface area contributed by atoms with Gasteiger partial charge in [-0.2, -0.15) is 0 Å². The van der Waals surface area contributed by atoms with Gasteiger partial charge in [0.15, 0.2) is 0 Å². The SMILES string of the molecule is CN(c1cccc(NC(=O)C2CCCN(Cc3ccc(Cl)c(Cl)c3)C2)c1)S(C)(=O)=O. The van der Waals surface area contributed by atoms with Crippen LogP contribution in [-0.2, 0) is 21.4 Å². The fraction of sp³-hybridized carbons (Fsp3) is 0.381. The third-order valence-electron chi connectivity index (χ3n) is 5.24. The lowest BCUT2D eigenvalue weighted by molar-refractivity contribution is -0.121. The summed E-state index contributed by atoms with van der Waals surface area (Å²) in [6.45, 7) is 2.27. The number of sulfonamides is 1. The summed E-state index contributed by atoms with van der Waals surface area (Å²) in [7, 11) is -1.88. The van der Waals surface area contributed by atoms with Gasteiger partial charge in [0.2, 0.25) is 15.9 Å². The fourth-order valence-electron chi connectivity index (χ4n) is 3.52. The number of likely N-dealkylation sites (tertiary alicyclic amines) is 1. The lowest BCUT2D eigenvalue weighted by atomic mass is 9.96. The summed E-state index contributed by atoms with van der Waals surface area (Å²) >= 11 is 12.1. The molecule has 9 heteroatoms. The van der Waals surface area contributed by atoms with Crippen LogP contribution in [-0.4, -0.2) is 45.6 Å². The maximum absolute atomic E-state index is 12.8. The summed E-state index contributed by atoms with van der Waals surface area (Å²) in [5.41, 5.74) is 2.14. The third-order valence-corrected chi connectivity index (χ3v) is 7.19. The number of rotatable bonds is 6.